The Hall–Kier alpha value is -3.36. The van der Waals surface area contributed by atoms with Gasteiger partial charge in [0.1, 0.15) is 0 Å². The van der Waals surface area contributed by atoms with Crippen LogP contribution >= 0.6 is 11.8 Å². The van der Waals surface area contributed by atoms with Crippen molar-refractivity contribution in [3.63, 3.8) is 0 Å². The van der Waals surface area contributed by atoms with Crippen molar-refractivity contribution in [2.75, 3.05) is 26.0 Å². The summed E-state index contributed by atoms with van der Waals surface area (Å²) in [6.07, 6.45) is 0.860. The van der Waals surface area contributed by atoms with Crippen LogP contribution in [0.2, 0.25) is 0 Å². The third-order valence-corrected chi connectivity index (χ3v) is 5.92. The zero-order valence-corrected chi connectivity index (χ0v) is 19.4. The predicted octanol–water partition coefficient (Wildman–Crippen LogP) is 4.17. The molecule has 0 atom stereocenters. The van der Waals surface area contributed by atoms with Crippen molar-refractivity contribution in [2.24, 2.45) is 0 Å². The molecule has 4 rings (SSSR count). The van der Waals surface area contributed by atoms with Gasteiger partial charge in [-0.25, -0.2) is 0 Å². The molecule has 0 amide bonds. The van der Waals surface area contributed by atoms with Crippen molar-refractivity contribution in [1.29, 1.82) is 0 Å². The Morgan fingerprint density at radius 3 is 2.48 bits per heavy atom. The van der Waals surface area contributed by atoms with Crippen LogP contribution in [0.1, 0.15) is 11.1 Å². The van der Waals surface area contributed by atoms with Crippen molar-refractivity contribution >= 4 is 11.8 Å². The van der Waals surface area contributed by atoms with E-state index in [0.29, 0.717) is 6.61 Å². The van der Waals surface area contributed by atoms with Crippen LogP contribution in [0.15, 0.2) is 84.0 Å². The molecule has 0 aliphatic heterocycles. The molecular weight excluding hydrogens is 434 g/mol. The molecule has 0 saturated heterocycles. The zero-order chi connectivity index (χ0) is 22.7. The van der Waals surface area contributed by atoms with Crippen molar-refractivity contribution in [3.05, 3.63) is 90.0 Å². The van der Waals surface area contributed by atoms with Gasteiger partial charge in [0, 0.05) is 25.3 Å². The van der Waals surface area contributed by atoms with E-state index in [-0.39, 0.29) is 0 Å². The Kier molecular flexibility index (Phi) is 8.32. The van der Waals surface area contributed by atoms with E-state index in [1.165, 1.54) is 5.56 Å². The summed E-state index contributed by atoms with van der Waals surface area (Å²) in [5.74, 6) is 2.37. The SMILES string of the molecule is COc1cc(CNCCSc2nnnn2-c2ccccc2)ccc1OCCc1ccccc1. The molecule has 0 unspecified atom stereocenters. The first kappa shape index (κ1) is 22.8. The highest BCUT2D eigenvalue weighted by Gasteiger charge is 2.09. The molecule has 1 aromatic heterocycles. The maximum Gasteiger partial charge on any atom is 0.214 e. The van der Waals surface area contributed by atoms with E-state index in [4.69, 9.17) is 9.47 Å². The van der Waals surface area contributed by atoms with Gasteiger partial charge in [-0.15, -0.1) is 5.10 Å². The summed E-state index contributed by atoms with van der Waals surface area (Å²) in [7, 11) is 1.67. The number of hydrogen-bond acceptors (Lipinski definition) is 7. The molecule has 0 bridgehead atoms. The second-order valence-electron chi connectivity index (χ2n) is 7.30. The summed E-state index contributed by atoms with van der Waals surface area (Å²) >= 11 is 1.62. The summed E-state index contributed by atoms with van der Waals surface area (Å²) in [6.45, 7) is 2.17. The van der Waals surface area contributed by atoms with Crippen LogP contribution in [0.5, 0.6) is 11.5 Å². The fourth-order valence-corrected chi connectivity index (χ4v) is 4.10. The highest BCUT2D eigenvalue weighted by atomic mass is 32.2. The topological polar surface area (TPSA) is 74.1 Å². The fourth-order valence-electron chi connectivity index (χ4n) is 3.31. The normalized spacial score (nSPS) is 10.8. The van der Waals surface area contributed by atoms with Crippen LogP contribution in [0.4, 0.5) is 0 Å². The second kappa shape index (κ2) is 12.0. The minimum Gasteiger partial charge on any atom is -0.493 e. The molecule has 0 aliphatic rings. The lowest BCUT2D eigenvalue weighted by Crippen LogP contribution is -2.17. The smallest absolute Gasteiger partial charge is 0.214 e. The van der Waals surface area contributed by atoms with E-state index < -0.39 is 0 Å². The maximum absolute atomic E-state index is 5.95. The average Bonchev–Trinajstić information content (AvgIpc) is 3.34. The number of thioether (sulfide) groups is 1. The predicted molar refractivity (Wildman–Crippen MR) is 130 cm³/mol. The van der Waals surface area contributed by atoms with E-state index in [1.807, 2.05) is 60.7 Å². The molecule has 1 N–H and O–H groups in total. The number of ether oxygens (including phenoxy) is 2. The summed E-state index contributed by atoms with van der Waals surface area (Å²) < 4.78 is 13.2. The molecule has 0 radical (unpaired) electrons. The number of hydrogen-bond donors (Lipinski definition) is 1. The number of nitrogens with zero attached hydrogens (tertiary/aromatic N) is 4. The van der Waals surface area contributed by atoms with Gasteiger partial charge in [0.05, 0.1) is 19.4 Å². The fraction of sp³-hybridized carbons (Fsp3) is 0.240. The number of benzene rings is 3. The standard InChI is InChI=1S/C25H27N5O2S/c1-31-24-18-21(12-13-23(24)32-16-14-20-8-4-2-5-9-20)19-26-15-17-33-25-27-28-29-30(25)22-10-6-3-7-11-22/h2-13,18,26H,14-17,19H2,1H3. The van der Waals surface area contributed by atoms with Gasteiger partial charge in [0.2, 0.25) is 5.16 Å². The summed E-state index contributed by atoms with van der Waals surface area (Å²) in [6, 6.07) is 26.3. The maximum atomic E-state index is 5.95. The van der Waals surface area contributed by atoms with E-state index in [0.717, 1.165) is 53.2 Å². The number of para-hydroxylation sites is 1. The largest absolute Gasteiger partial charge is 0.493 e. The second-order valence-corrected chi connectivity index (χ2v) is 8.37. The Morgan fingerprint density at radius 2 is 1.70 bits per heavy atom. The average molecular weight is 462 g/mol. The van der Waals surface area contributed by atoms with Crippen LogP contribution in [-0.2, 0) is 13.0 Å². The van der Waals surface area contributed by atoms with Gasteiger partial charge in [0.25, 0.3) is 0 Å². The highest BCUT2D eigenvalue weighted by molar-refractivity contribution is 7.99. The van der Waals surface area contributed by atoms with Crippen molar-refractivity contribution < 1.29 is 9.47 Å². The van der Waals surface area contributed by atoms with Crippen molar-refractivity contribution in [3.8, 4) is 17.2 Å². The van der Waals surface area contributed by atoms with E-state index in [9.17, 15) is 0 Å². The van der Waals surface area contributed by atoms with E-state index in [2.05, 4.69) is 39.0 Å². The Bertz CT molecular complexity index is 1120. The Balaban J connectivity index is 1.22. The van der Waals surface area contributed by atoms with Crippen molar-refractivity contribution in [2.45, 2.75) is 18.1 Å². The van der Waals surface area contributed by atoms with Crippen molar-refractivity contribution in [1.82, 2.24) is 25.5 Å². The van der Waals surface area contributed by atoms with Gasteiger partial charge < -0.3 is 14.8 Å². The van der Waals surface area contributed by atoms with Gasteiger partial charge in [0.15, 0.2) is 11.5 Å². The Morgan fingerprint density at radius 1 is 0.909 bits per heavy atom. The van der Waals surface area contributed by atoms with E-state index >= 15 is 0 Å². The quantitative estimate of drug-likeness (QED) is 0.251. The molecule has 0 fully saturated rings. The molecule has 1 heterocycles. The first-order valence-corrected chi connectivity index (χ1v) is 11.8. The van der Waals surface area contributed by atoms with E-state index in [1.54, 1.807) is 23.6 Å². The lowest BCUT2D eigenvalue weighted by molar-refractivity contribution is 0.297. The lowest BCUT2D eigenvalue weighted by Gasteiger charge is -2.13. The lowest BCUT2D eigenvalue weighted by atomic mass is 10.1. The van der Waals surface area contributed by atoms with Gasteiger partial charge in [-0.3, -0.25) is 0 Å². The minimum absolute atomic E-state index is 0.609. The number of rotatable bonds is 12. The molecule has 3 aromatic carbocycles. The molecule has 8 heteroatoms. The highest BCUT2D eigenvalue weighted by Crippen LogP contribution is 2.28. The van der Waals surface area contributed by atoms with Crippen LogP contribution in [0.25, 0.3) is 5.69 Å². The van der Waals surface area contributed by atoms with Crippen LogP contribution < -0.4 is 14.8 Å². The van der Waals surface area contributed by atoms with Gasteiger partial charge >= 0.3 is 0 Å². The Labute approximate surface area is 198 Å². The number of methoxy groups -OCH3 is 1. The third kappa shape index (κ3) is 6.57. The summed E-state index contributed by atoms with van der Waals surface area (Å²) in [4.78, 5) is 0. The molecule has 170 valence electrons. The van der Waals surface area contributed by atoms with Gasteiger partial charge in [-0.1, -0.05) is 66.4 Å². The molecule has 4 aromatic rings. The van der Waals surface area contributed by atoms with Crippen LogP contribution in [0, 0.1) is 0 Å². The van der Waals surface area contributed by atoms with Crippen LogP contribution in [0.3, 0.4) is 0 Å². The van der Waals surface area contributed by atoms with Crippen LogP contribution in [-0.4, -0.2) is 46.2 Å². The van der Waals surface area contributed by atoms with Gasteiger partial charge in [-0.2, -0.15) is 4.68 Å². The number of tetrazole rings is 1. The summed E-state index contributed by atoms with van der Waals surface area (Å²) in [5, 5.41) is 16.3. The molecule has 7 nitrogen and oxygen atoms in total. The first-order valence-electron chi connectivity index (χ1n) is 10.8. The molecule has 33 heavy (non-hydrogen) atoms. The molecular formula is C25H27N5O2S. The monoisotopic (exact) mass is 461 g/mol. The first-order chi connectivity index (χ1) is 16.3. The van der Waals surface area contributed by atoms with Gasteiger partial charge in [-0.05, 0) is 45.8 Å². The molecule has 0 spiro atoms. The number of aromatic nitrogens is 4. The number of nitrogens with one attached hydrogen (secondary N) is 1. The minimum atomic E-state index is 0.609. The molecule has 0 saturated carbocycles. The summed E-state index contributed by atoms with van der Waals surface area (Å²) in [5.41, 5.74) is 3.35. The zero-order valence-electron chi connectivity index (χ0n) is 18.6. The molecule has 0 aliphatic carbocycles. The third-order valence-electron chi connectivity index (χ3n) is 5.00.